The molecule has 0 saturated carbocycles. The Labute approximate surface area is 184 Å². The largest absolute Gasteiger partial charge is 0.457 e. The van der Waals surface area contributed by atoms with Crippen LogP contribution in [0, 0.1) is 11.3 Å². The molecule has 1 aliphatic rings. The van der Waals surface area contributed by atoms with Crippen LogP contribution in [0.25, 0.3) is 10.2 Å². The van der Waals surface area contributed by atoms with E-state index in [0.717, 1.165) is 36.4 Å². The maximum atomic E-state index is 13.6. The summed E-state index contributed by atoms with van der Waals surface area (Å²) in [6.07, 6.45) is 2.84. The number of esters is 1. The summed E-state index contributed by atoms with van der Waals surface area (Å²) in [6, 6.07) is 11.4. The fraction of sp³-hybridized carbons (Fsp3) is 0.391. The van der Waals surface area contributed by atoms with Crippen molar-refractivity contribution in [3.05, 3.63) is 56.7 Å². The molecule has 0 bridgehead atoms. The molecule has 8 heteroatoms. The van der Waals surface area contributed by atoms with Gasteiger partial charge in [-0.25, -0.2) is 4.98 Å². The highest BCUT2D eigenvalue weighted by molar-refractivity contribution is 7.19. The van der Waals surface area contributed by atoms with Crippen molar-refractivity contribution in [3.63, 3.8) is 0 Å². The van der Waals surface area contributed by atoms with E-state index in [1.807, 2.05) is 24.3 Å². The van der Waals surface area contributed by atoms with Gasteiger partial charge in [-0.05, 0) is 43.9 Å². The lowest BCUT2D eigenvalue weighted by atomic mass is 10.1. The third-order valence-corrected chi connectivity index (χ3v) is 6.75. The first-order valence-electron chi connectivity index (χ1n) is 10.4. The van der Waals surface area contributed by atoms with Gasteiger partial charge >= 0.3 is 5.97 Å². The van der Waals surface area contributed by atoms with Crippen molar-refractivity contribution in [1.82, 2.24) is 9.55 Å². The second-order valence-electron chi connectivity index (χ2n) is 7.73. The molecule has 3 heterocycles. The Morgan fingerprint density at radius 1 is 1.29 bits per heavy atom. The molecular weight excluding hydrogens is 412 g/mol. The predicted molar refractivity (Wildman–Crippen MR) is 120 cm³/mol. The summed E-state index contributed by atoms with van der Waals surface area (Å²) in [5, 5.41) is 9.49. The van der Waals surface area contributed by atoms with Crippen LogP contribution in [-0.4, -0.2) is 28.6 Å². The van der Waals surface area contributed by atoms with Gasteiger partial charge in [0, 0.05) is 24.9 Å². The average Bonchev–Trinajstić information content (AvgIpc) is 3.21. The van der Waals surface area contributed by atoms with Crippen molar-refractivity contribution in [2.45, 2.75) is 45.8 Å². The molecule has 31 heavy (non-hydrogen) atoms. The molecule has 1 aliphatic heterocycles. The first kappa shape index (κ1) is 21.1. The first-order chi connectivity index (χ1) is 15.0. The van der Waals surface area contributed by atoms with Crippen molar-refractivity contribution < 1.29 is 9.53 Å². The van der Waals surface area contributed by atoms with Gasteiger partial charge in [0.1, 0.15) is 10.8 Å². The fourth-order valence-corrected chi connectivity index (χ4v) is 4.97. The van der Waals surface area contributed by atoms with Crippen LogP contribution in [0.2, 0.25) is 0 Å². The van der Waals surface area contributed by atoms with Gasteiger partial charge in [-0.1, -0.05) is 18.2 Å². The van der Waals surface area contributed by atoms with E-state index in [2.05, 4.69) is 11.0 Å². The highest BCUT2D eigenvalue weighted by Gasteiger charge is 2.22. The molecule has 1 atom stereocenters. The number of rotatable bonds is 5. The number of hydrogen-bond acceptors (Lipinski definition) is 7. The van der Waals surface area contributed by atoms with E-state index in [9.17, 15) is 14.9 Å². The first-order valence-corrected chi connectivity index (χ1v) is 11.2. The Balaban J connectivity index is 1.85. The zero-order chi connectivity index (χ0) is 22.0. The molecular formula is C23H24N4O3S. The summed E-state index contributed by atoms with van der Waals surface area (Å²) in [5.74, 6) is 0.270. The second kappa shape index (κ2) is 8.90. The number of hydrogen-bond donors (Lipinski definition) is 0. The quantitative estimate of drug-likeness (QED) is 0.562. The number of carbonyl (C=O) groups is 1. The molecule has 0 amide bonds. The summed E-state index contributed by atoms with van der Waals surface area (Å²) in [7, 11) is 0. The number of thiophene rings is 1. The summed E-state index contributed by atoms with van der Waals surface area (Å²) in [5.41, 5.74) is 1.82. The van der Waals surface area contributed by atoms with Crippen LogP contribution >= 0.6 is 11.3 Å². The molecule has 1 saturated heterocycles. The van der Waals surface area contributed by atoms with Crippen molar-refractivity contribution in [3.8, 4) is 6.07 Å². The van der Waals surface area contributed by atoms with Crippen LogP contribution in [0.15, 0.2) is 35.1 Å². The SMILES string of the molecule is CC(=O)OC(C)c1cc2nc(N3CCCCC3)n(Cc3ccccc3C#N)c(=O)c2s1. The molecule has 1 aromatic carbocycles. The number of nitrogens with zero attached hydrogens (tertiary/aromatic N) is 4. The second-order valence-corrected chi connectivity index (χ2v) is 8.82. The number of nitriles is 1. The van der Waals surface area contributed by atoms with Gasteiger partial charge in [-0.2, -0.15) is 5.26 Å². The number of aromatic nitrogens is 2. The van der Waals surface area contributed by atoms with E-state index < -0.39 is 6.10 Å². The zero-order valence-electron chi connectivity index (χ0n) is 17.6. The van der Waals surface area contributed by atoms with Crippen LogP contribution < -0.4 is 10.5 Å². The number of benzene rings is 1. The average molecular weight is 437 g/mol. The summed E-state index contributed by atoms with van der Waals surface area (Å²) < 4.78 is 7.51. The van der Waals surface area contributed by atoms with Crippen molar-refractivity contribution in [2.24, 2.45) is 0 Å². The molecule has 0 radical (unpaired) electrons. The number of ether oxygens (including phenoxy) is 1. The third-order valence-electron chi connectivity index (χ3n) is 5.48. The van der Waals surface area contributed by atoms with Crippen LogP contribution in [0.4, 0.5) is 5.95 Å². The topological polar surface area (TPSA) is 88.2 Å². The van der Waals surface area contributed by atoms with Crippen LogP contribution in [0.5, 0.6) is 0 Å². The summed E-state index contributed by atoms with van der Waals surface area (Å²) in [4.78, 5) is 32.7. The van der Waals surface area contributed by atoms with Gasteiger partial charge < -0.3 is 9.64 Å². The molecule has 7 nitrogen and oxygen atoms in total. The highest BCUT2D eigenvalue weighted by atomic mass is 32.1. The maximum Gasteiger partial charge on any atom is 0.303 e. The third kappa shape index (κ3) is 4.32. The van der Waals surface area contributed by atoms with Crippen molar-refractivity contribution in [2.75, 3.05) is 18.0 Å². The minimum absolute atomic E-state index is 0.135. The monoisotopic (exact) mass is 436 g/mol. The van der Waals surface area contributed by atoms with E-state index in [1.165, 1.54) is 24.7 Å². The van der Waals surface area contributed by atoms with Crippen LogP contribution in [-0.2, 0) is 16.1 Å². The number of piperidine rings is 1. The smallest absolute Gasteiger partial charge is 0.303 e. The zero-order valence-corrected chi connectivity index (χ0v) is 18.4. The molecule has 0 N–H and O–H groups in total. The van der Waals surface area contributed by atoms with Gasteiger partial charge in [0.15, 0.2) is 0 Å². The summed E-state index contributed by atoms with van der Waals surface area (Å²) in [6.45, 7) is 5.14. The van der Waals surface area contributed by atoms with E-state index in [1.54, 1.807) is 17.6 Å². The number of carbonyl (C=O) groups excluding carboxylic acids is 1. The Morgan fingerprint density at radius 2 is 2.03 bits per heavy atom. The molecule has 1 unspecified atom stereocenters. The van der Waals surface area contributed by atoms with Crippen molar-refractivity contribution in [1.29, 1.82) is 5.26 Å². The fourth-order valence-electron chi connectivity index (χ4n) is 3.94. The maximum absolute atomic E-state index is 13.6. The summed E-state index contributed by atoms with van der Waals surface area (Å²) >= 11 is 1.31. The van der Waals surface area contributed by atoms with Gasteiger partial charge in [0.25, 0.3) is 5.56 Å². The van der Waals surface area contributed by atoms with Crippen molar-refractivity contribution >= 4 is 33.5 Å². The van der Waals surface area contributed by atoms with E-state index >= 15 is 0 Å². The molecule has 0 aliphatic carbocycles. The lowest BCUT2D eigenvalue weighted by Crippen LogP contribution is -2.36. The molecule has 2 aromatic heterocycles. The van der Waals surface area contributed by atoms with Gasteiger partial charge in [0.2, 0.25) is 5.95 Å². The van der Waals surface area contributed by atoms with Gasteiger partial charge in [-0.15, -0.1) is 11.3 Å². The van der Waals surface area contributed by atoms with E-state index in [0.29, 0.717) is 21.7 Å². The van der Waals surface area contributed by atoms with Crippen LogP contribution in [0.1, 0.15) is 55.2 Å². The lowest BCUT2D eigenvalue weighted by Gasteiger charge is -2.29. The number of fused-ring (bicyclic) bond motifs is 1. The lowest BCUT2D eigenvalue weighted by molar-refractivity contribution is -0.145. The standard InChI is InChI=1S/C23H24N4O3S/c1-15(30-16(2)28)20-12-19-21(31-20)22(29)27(14-18-9-5-4-8-17(18)13-24)23(25-19)26-10-6-3-7-11-26/h4-5,8-9,12,15H,3,6-7,10-11,14H2,1-2H3. The molecule has 1 fully saturated rings. The Bertz CT molecular complexity index is 1220. The van der Waals surface area contributed by atoms with E-state index in [4.69, 9.17) is 9.72 Å². The normalized spacial score (nSPS) is 14.9. The van der Waals surface area contributed by atoms with E-state index in [-0.39, 0.29) is 18.1 Å². The molecule has 160 valence electrons. The Morgan fingerprint density at radius 3 is 2.74 bits per heavy atom. The Kier molecular flexibility index (Phi) is 6.05. The minimum Gasteiger partial charge on any atom is -0.457 e. The minimum atomic E-state index is -0.442. The molecule has 0 spiro atoms. The van der Waals surface area contributed by atoms with Crippen LogP contribution in [0.3, 0.4) is 0 Å². The molecule has 3 aromatic rings. The predicted octanol–water partition coefficient (Wildman–Crippen LogP) is 3.99. The van der Waals surface area contributed by atoms with Gasteiger partial charge in [0.05, 0.1) is 23.7 Å². The Hall–Kier alpha value is -3.18. The number of anilines is 1. The van der Waals surface area contributed by atoms with Gasteiger partial charge in [-0.3, -0.25) is 14.2 Å². The highest BCUT2D eigenvalue weighted by Crippen LogP contribution is 2.31. The molecule has 4 rings (SSSR count).